The standard InChI is InChI=1S/C12H18.C11H16/c1-10-6-5-7-11(9-8-10)12(2,3)4;1-9-5-7-10(8-6-9)11(2,3)4/h5-6,8-9H,7H2,1-4H3;5-8H,1-4H3. The molecule has 1 aromatic rings. The van der Waals surface area contributed by atoms with Gasteiger partial charge in [0.25, 0.3) is 0 Å². The molecule has 0 saturated heterocycles. The fourth-order valence-corrected chi connectivity index (χ4v) is 2.34. The van der Waals surface area contributed by atoms with Crippen LogP contribution in [0.25, 0.3) is 0 Å². The van der Waals surface area contributed by atoms with Crippen LogP contribution in [0.15, 0.2) is 59.7 Å². The van der Waals surface area contributed by atoms with Gasteiger partial charge in [-0.05, 0) is 36.7 Å². The Labute approximate surface area is 144 Å². The number of hydrogen-bond acceptors (Lipinski definition) is 0. The van der Waals surface area contributed by atoms with E-state index in [9.17, 15) is 0 Å². The number of rotatable bonds is 0. The summed E-state index contributed by atoms with van der Waals surface area (Å²) in [5, 5.41) is 0. The van der Waals surface area contributed by atoms with Gasteiger partial charge in [-0.2, -0.15) is 0 Å². The quantitative estimate of drug-likeness (QED) is 0.477. The van der Waals surface area contributed by atoms with Crippen LogP contribution in [0.3, 0.4) is 0 Å². The van der Waals surface area contributed by atoms with Crippen molar-refractivity contribution in [3.8, 4) is 0 Å². The second-order valence-corrected chi connectivity index (χ2v) is 8.58. The molecule has 0 atom stereocenters. The minimum absolute atomic E-state index is 0.285. The maximum atomic E-state index is 2.27. The number of aryl methyl sites for hydroxylation is 1. The summed E-state index contributed by atoms with van der Waals surface area (Å²) >= 11 is 0. The summed E-state index contributed by atoms with van der Waals surface area (Å²) in [6.07, 6.45) is 9.99. The number of allylic oxidation sites excluding steroid dienone is 6. The molecule has 0 aliphatic heterocycles. The third-order valence-corrected chi connectivity index (χ3v) is 4.15. The molecular formula is C23H34. The SMILES string of the molecule is CC1=CC=C(C(C)(C)C)CC=C1.Cc1ccc(C(C)(C)C)cc1. The molecule has 0 heterocycles. The molecule has 23 heavy (non-hydrogen) atoms. The number of hydrogen-bond donors (Lipinski definition) is 0. The van der Waals surface area contributed by atoms with Crippen LogP contribution in [-0.2, 0) is 5.41 Å². The van der Waals surface area contributed by atoms with E-state index < -0.39 is 0 Å². The molecule has 126 valence electrons. The highest BCUT2D eigenvalue weighted by molar-refractivity contribution is 5.31. The van der Waals surface area contributed by atoms with Crippen LogP contribution in [0.2, 0.25) is 0 Å². The molecule has 0 N–H and O–H groups in total. The van der Waals surface area contributed by atoms with Crippen molar-refractivity contribution in [1.82, 2.24) is 0 Å². The lowest BCUT2D eigenvalue weighted by molar-refractivity contribution is 0.494. The lowest BCUT2D eigenvalue weighted by atomic mass is 9.84. The molecule has 1 aliphatic carbocycles. The predicted molar refractivity (Wildman–Crippen MR) is 105 cm³/mol. The fraction of sp³-hybridized carbons (Fsp3) is 0.478. The average molecular weight is 311 g/mol. The van der Waals surface area contributed by atoms with Crippen molar-refractivity contribution in [3.63, 3.8) is 0 Å². The molecule has 0 radical (unpaired) electrons. The molecule has 1 aliphatic rings. The third kappa shape index (κ3) is 7.03. The predicted octanol–water partition coefficient (Wildman–Crippen LogP) is 7.16. The van der Waals surface area contributed by atoms with Gasteiger partial charge >= 0.3 is 0 Å². The van der Waals surface area contributed by atoms with Gasteiger partial charge in [0.15, 0.2) is 0 Å². The van der Waals surface area contributed by atoms with E-state index in [2.05, 4.69) is 104 Å². The highest BCUT2D eigenvalue weighted by Crippen LogP contribution is 2.29. The first-order chi connectivity index (χ1) is 10.5. The molecule has 1 aromatic carbocycles. The summed E-state index contributed by atoms with van der Waals surface area (Å²) in [5.41, 5.74) is 6.19. The smallest absolute Gasteiger partial charge is 0.0127 e. The zero-order valence-corrected chi connectivity index (χ0v) is 16.3. The van der Waals surface area contributed by atoms with E-state index in [1.54, 1.807) is 0 Å². The lowest BCUT2D eigenvalue weighted by Gasteiger charge is -2.21. The number of benzene rings is 1. The van der Waals surface area contributed by atoms with Crippen LogP contribution in [0.1, 0.15) is 66.0 Å². The van der Waals surface area contributed by atoms with Gasteiger partial charge < -0.3 is 0 Å². The monoisotopic (exact) mass is 310 g/mol. The maximum absolute atomic E-state index is 2.27. The first kappa shape index (κ1) is 19.5. The van der Waals surface area contributed by atoms with Crippen molar-refractivity contribution >= 4 is 0 Å². The Bertz CT molecular complexity index is 578. The van der Waals surface area contributed by atoms with Crippen LogP contribution < -0.4 is 0 Å². The summed E-state index contributed by atoms with van der Waals surface area (Å²) < 4.78 is 0. The van der Waals surface area contributed by atoms with Crippen LogP contribution >= 0.6 is 0 Å². The second-order valence-electron chi connectivity index (χ2n) is 8.58. The molecule has 0 amide bonds. The Morgan fingerprint density at radius 1 is 0.739 bits per heavy atom. The van der Waals surface area contributed by atoms with Gasteiger partial charge in [0, 0.05) is 0 Å². The second kappa shape index (κ2) is 7.81. The van der Waals surface area contributed by atoms with Crippen molar-refractivity contribution in [2.75, 3.05) is 0 Å². The van der Waals surface area contributed by atoms with Crippen LogP contribution in [0.4, 0.5) is 0 Å². The summed E-state index contributed by atoms with van der Waals surface area (Å²) in [7, 11) is 0. The van der Waals surface area contributed by atoms with Crippen molar-refractivity contribution in [2.45, 2.75) is 67.2 Å². The van der Waals surface area contributed by atoms with Crippen molar-refractivity contribution < 1.29 is 0 Å². The van der Waals surface area contributed by atoms with Crippen LogP contribution in [0, 0.1) is 12.3 Å². The zero-order chi connectivity index (χ0) is 17.7. The maximum Gasteiger partial charge on any atom is -0.0127 e. The van der Waals surface area contributed by atoms with Gasteiger partial charge in [0.1, 0.15) is 0 Å². The zero-order valence-electron chi connectivity index (χ0n) is 16.3. The van der Waals surface area contributed by atoms with Gasteiger partial charge in [-0.3, -0.25) is 0 Å². The minimum atomic E-state index is 0.285. The Balaban J connectivity index is 0.000000231. The van der Waals surface area contributed by atoms with E-state index >= 15 is 0 Å². The molecule has 0 saturated carbocycles. The van der Waals surface area contributed by atoms with Crippen LogP contribution in [-0.4, -0.2) is 0 Å². The molecule has 0 heteroatoms. The molecule has 0 nitrogen and oxygen atoms in total. The molecule has 0 bridgehead atoms. The molecule has 0 spiro atoms. The van der Waals surface area contributed by atoms with Gasteiger partial charge in [-0.25, -0.2) is 0 Å². The third-order valence-electron chi connectivity index (χ3n) is 4.15. The van der Waals surface area contributed by atoms with E-state index in [-0.39, 0.29) is 5.41 Å². The van der Waals surface area contributed by atoms with E-state index in [0.29, 0.717) is 5.41 Å². The summed E-state index contributed by atoms with van der Waals surface area (Å²) in [6.45, 7) is 17.8. The lowest BCUT2D eigenvalue weighted by Crippen LogP contribution is -2.10. The highest BCUT2D eigenvalue weighted by Gasteiger charge is 2.15. The van der Waals surface area contributed by atoms with E-state index in [1.165, 1.54) is 22.3 Å². The molecule has 0 aromatic heterocycles. The van der Waals surface area contributed by atoms with Gasteiger partial charge in [-0.1, -0.05) is 107 Å². The molecular weight excluding hydrogens is 276 g/mol. The topological polar surface area (TPSA) is 0 Å². The summed E-state index contributed by atoms with van der Waals surface area (Å²) in [6, 6.07) is 8.74. The van der Waals surface area contributed by atoms with Gasteiger partial charge in [0.2, 0.25) is 0 Å². The normalized spacial score (nSPS) is 15.1. The highest BCUT2D eigenvalue weighted by atomic mass is 14.2. The Hall–Kier alpha value is -1.56. The van der Waals surface area contributed by atoms with E-state index in [4.69, 9.17) is 0 Å². The van der Waals surface area contributed by atoms with Crippen molar-refractivity contribution in [3.05, 3.63) is 70.8 Å². The molecule has 0 unspecified atom stereocenters. The van der Waals surface area contributed by atoms with E-state index in [1.807, 2.05) is 0 Å². The Kier molecular flexibility index (Phi) is 6.62. The first-order valence-corrected chi connectivity index (χ1v) is 8.62. The molecule has 2 rings (SSSR count). The minimum Gasteiger partial charge on any atom is -0.0802 e. The summed E-state index contributed by atoms with van der Waals surface area (Å²) in [5.74, 6) is 0. The van der Waals surface area contributed by atoms with E-state index in [0.717, 1.165) is 6.42 Å². The van der Waals surface area contributed by atoms with Gasteiger partial charge in [-0.15, -0.1) is 0 Å². The Morgan fingerprint density at radius 3 is 1.78 bits per heavy atom. The Morgan fingerprint density at radius 2 is 1.30 bits per heavy atom. The molecule has 0 fully saturated rings. The fourth-order valence-electron chi connectivity index (χ4n) is 2.34. The van der Waals surface area contributed by atoms with Crippen molar-refractivity contribution in [1.29, 1.82) is 0 Å². The average Bonchev–Trinajstić information content (AvgIpc) is 2.63. The van der Waals surface area contributed by atoms with Crippen molar-refractivity contribution in [2.24, 2.45) is 5.41 Å². The van der Waals surface area contributed by atoms with Crippen LogP contribution in [0.5, 0.6) is 0 Å². The summed E-state index contributed by atoms with van der Waals surface area (Å²) in [4.78, 5) is 0. The largest absolute Gasteiger partial charge is 0.0802 e. The first-order valence-electron chi connectivity index (χ1n) is 8.62. The van der Waals surface area contributed by atoms with Gasteiger partial charge in [0.05, 0.1) is 0 Å².